The molecule has 3 aromatic rings. The third-order valence-corrected chi connectivity index (χ3v) is 4.52. The molecule has 1 aromatic carbocycles. The number of hydrogen-bond donors (Lipinski definition) is 2. The molecule has 1 saturated heterocycles. The van der Waals surface area contributed by atoms with Crippen LogP contribution in [0.3, 0.4) is 0 Å². The molecular formula is C17H18N4. The molecule has 2 N–H and O–H groups in total. The maximum absolute atomic E-state index is 4.86. The summed E-state index contributed by atoms with van der Waals surface area (Å²) in [6.07, 6.45) is 5.77. The van der Waals surface area contributed by atoms with E-state index in [0.29, 0.717) is 0 Å². The third-order valence-electron chi connectivity index (χ3n) is 4.52. The number of nitrogens with one attached hydrogen (secondary N) is 2. The zero-order chi connectivity index (χ0) is 14.1. The van der Waals surface area contributed by atoms with Crippen molar-refractivity contribution in [3.8, 4) is 0 Å². The van der Waals surface area contributed by atoms with E-state index in [0.717, 1.165) is 42.8 Å². The van der Waals surface area contributed by atoms with Crippen LogP contribution < -0.4 is 5.32 Å². The van der Waals surface area contributed by atoms with Crippen molar-refractivity contribution in [3.63, 3.8) is 0 Å². The smallest absolute Gasteiger partial charge is 0.118 e. The van der Waals surface area contributed by atoms with Gasteiger partial charge in [0.15, 0.2) is 0 Å². The van der Waals surface area contributed by atoms with Crippen LogP contribution in [0.2, 0.25) is 0 Å². The molecule has 1 aliphatic rings. The van der Waals surface area contributed by atoms with E-state index < -0.39 is 0 Å². The van der Waals surface area contributed by atoms with Crippen molar-refractivity contribution in [1.82, 2.24) is 20.3 Å². The maximum atomic E-state index is 4.86. The van der Waals surface area contributed by atoms with Gasteiger partial charge in [0.25, 0.3) is 0 Å². The molecule has 4 nitrogen and oxygen atoms in total. The monoisotopic (exact) mass is 278 g/mol. The van der Waals surface area contributed by atoms with Gasteiger partial charge >= 0.3 is 0 Å². The van der Waals surface area contributed by atoms with E-state index in [1.807, 2.05) is 12.3 Å². The van der Waals surface area contributed by atoms with E-state index in [-0.39, 0.29) is 5.41 Å². The molecule has 0 spiro atoms. The standard InChI is InChI=1S/C17H18N4/c1-2-4-13(5-3-1)17(7-10-18-11-8-17)16-20-14-6-9-19-12-15(14)21-16/h1-6,9,12,18H,7-8,10-11H2,(H,20,21). The molecule has 0 saturated carbocycles. The Morgan fingerprint density at radius 2 is 1.81 bits per heavy atom. The fraction of sp³-hybridized carbons (Fsp3) is 0.294. The first kappa shape index (κ1) is 12.5. The number of aromatic nitrogens is 3. The predicted octanol–water partition coefficient (Wildman–Crippen LogP) is 2.63. The lowest BCUT2D eigenvalue weighted by molar-refractivity contribution is 0.348. The van der Waals surface area contributed by atoms with Gasteiger partial charge in [-0.15, -0.1) is 0 Å². The van der Waals surface area contributed by atoms with Gasteiger partial charge < -0.3 is 10.3 Å². The number of benzene rings is 1. The number of imidazole rings is 1. The maximum Gasteiger partial charge on any atom is 0.118 e. The summed E-state index contributed by atoms with van der Waals surface area (Å²) in [7, 11) is 0. The Kier molecular flexibility index (Phi) is 2.97. The zero-order valence-electron chi connectivity index (χ0n) is 11.8. The normalized spacial score (nSPS) is 17.9. The minimum atomic E-state index is -0.0223. The number of nitrogens with zero attached hydrogens (tertiary/aromatic N) is 2. The van der Waals surface area contributed by atoms with Crippen LogP contribution in [-0.4, -0.2) is 28.0 Å². The van der Waals surface area contributed by atoms with Crippen molar-refractivity contribution in [2.45, 2.75) is 18.3 Å². The van der Waals surface area contributed by atoms with E-state index in [1.165, 1.54) is 5.56 Å². The van der Waals surface area contributed by atoms with Gasteiger partial charge in [0.2, 0.25) is 0 Å². The minimum absolute atomic E-state index is 0.0223. The largest absolute Gasteiger partial charge is 0.340 e. The molecule has 4 heteroatoms. The molecular weight excluding hydrogens is 260 g/mol. The van der Waals surface area contributed by atoms with Crippen molar-refractivity contribution < 1.29 is 0 Å². The number of hydrogen-bond acceptors (Lipinski definition) is 3. The van der Waals surface area contributed by atoms with Crippen molar-refractivity contribution in [2.75, 3.05) is 13.1 Å². The number of H-pyrrole nitrogens is 1. The molecule has 0 radical (unpaired) electrons. The third kappa shape index (κ3) is 2.03. The molecule has 1 fully saturated rings. The second kappa shape index (κ2) is 4.97. The highest BCUT2D eigenvalue weighted by atomic mass is 15.0. The molecule has 1 aliphatic heterocycles. The van der Waals surface area contributed by atoms with Crippen LogP contribution in [0.1, 0.15) is 24.2 Å². The van der Waals surface area contributed by atoms with Crippen molar-refractivity contribution in [3.05, 3.63) is 60.2 Å². The van der Waals surface area contributed by atoms with Gasteiger partial charge in [0.1, 0.15) is 5.82 Å². The molecule has 4 rings (SSSR count). The topological polar surface area (TPSA) is 53.6 Å². The second-order valence-electron chi connectivity index (χ2n) is 5.68. The Labute approximate surface area is 123 Å². The minimum Gasteiger partial charge on any atom is -0.340 e. The molecule has 21 heavy (non-hydrogen) atoms. The molecule has 0 bridgehead atoms. The van der Waals surface area contributed by atoms with Crippen LogP contribution in [0.25, 0.3) is 11.0 Å². The number of pyridine rings is 1. The Balaban J connectivity index is 1.89. The van der Waals surface area contributed by atoms with Crippen LogP contribution in [0, 0.1) is 0 Å². The van der Waals surface area contributed by atoms with E-state index in [9.17, 15) is 0 Å². The highest BCUT2D eigenvalue weighted by Gasteiger charge is 2.38. The summed E-state index contributed by atoms with van der Waals surface area (Å²) in [6.45, 7) is 2.04. The molecule has 0 atom stereocenters. The van der Waals surface area contributed by atoms with Crippen molar-refractivity contribution in [2.24, 2.45) is 0 Å². The SMILES string of the molecule is c1ccc(C2(c3nc4ccncc4[nH]3)CCNCC2)cc1. The number of fused-ring (bicyclic) bond motifs is 1. The predicted molar refractivity (Wildman–Crippen MR) is 83.2 cm³/mol. The van der Waals surface area contributed by atoms with E-state index in [2.05, 4.69) is 45.6 Å². The van der Waals surface area contributed by atoms with Crippen molar-refractivity contribution >= 4 is 11.0 Å². The summed E-state index contributed by atoms with van der Waals surface area (Å²) in [6, 6.07) is 12.7. The molecule has 3 heterocycles. The first-order valence-corrected chi connectivity index (χ1v) is 7.45. The first-order chi connectivity index (χ1) is 10.4. The summed E-state index contributed by atoms with van der Waals surface area (Å²) in [5.74, 6) is 1.07. The Bertz CT molecular complexity index is 709. The molecule has 0 amide bonds. The summed E-state index contributed by atoms with van der Waals surface area (Å²) in [5, 5.41) is 3.46. The lowest BCUT2D eigenvalue weighted by atomic mass is 9.72. The first-order valence-electron chi connectivity index (χ1n) is 7.45. The van der Waals surface area contributed by atoms with Gasteiger partial charge in [-0.05, 0) is 37.6 Å². The zero-order valence-corrected chi connectivity index (χ0v) is 11.8. The van der Waals surface area contributed by atoms with Crippen LogP contribution in [0.15, 0.2) is 48.8 Å². The van der Waals surface area contributed by atoms with E-state index in [1.54, 1.807) is 6.20 Å². The molecule has 0 aliphatic carbocycles. The average molecular weight is 278 g/mol. The number of aromatic amines is 1. The number of piperidine rings is 1. The molecule has 2 aromatic heterocycles. The fourth-order valence-electron chi connectivity index (χ4n) is 3.36. The van der Waals surface area contributed by atoms with Gasteiger partial charge in [-0.2, -0.15) is 0 Å². The highest BCUT2D eigenvalue weighted by Crippen LogP contribution is 2.39. The summed E-state index contributed by atoms with van der Waals surface area (Å²) in [4.78, 5) is 12.5. The number of rotatable bonds is 2. The van der Waals surface area contributed by atoms with Crippen molar-refractivity contribution in [1.29, 1.82) is 0 Å². The Hall–Kier alpha value is -2.20. The summed E-state index contributed by atoms with van der Waals surface area (Å²) in [5.41, 5.74) is 3.33. The fourth-order valence-corrected chi connectivity index (χ4v) is 3.36. The second-order valence-corrected chi connectivity index (χ2v) is 5.68. The van der Waals surface area contributed by atoms with Crippen LogP contribution in [-0.2, 0) is 5.41 Å². The summed E-state index contributed by atoms with van der Waals surface area (Å²) >= 11 is 0. The van der Waals surface area contributed by atoms with Crippen LogP contribution >= 0.6 is 0 Å². The molecule has 106 valence electrons. The van der Waals surface area contributed by atoms with E-state index in [4.69, 9.17) is 4.98 Å². The van der Waals surface area contributed by atoms with Gasteiger partial charge in [0, 0.05) is 6.20 Å². The lowest BCUT2D eigenvalue weighted by Crippen LogP contribution is -2.41. The van der Waals surface area contributed by atoms with Crippen LogP contribution in [0.4, 0.5) is 0 Å². The summed E-state index contributed by atoms with van der Waals surface area (Å²) < 4.78 is 0. The lowest BCUT2D eigenvalue weighted by Gasteiger charge is -2.36. The highest BCUT2D eigenvalue weighted by molar-refractivity contribution is 5.74. The molecule has 0 unspecified atom stereocenters. The van der Waals surface area contributed by atoms with Gasteiger partial charge in [-0.3, -0.25) is 4.98 Å². The quantitative estimate of drug-likeness (QED) is 0.757. The van der Waals surface area contributed by atoms with Gasteiger partial charge in [0.05, 0.1) is 22.6 Å². The Morgan fingerprint density at radius 3 is 2.57 bits per heavy atom. The average Bonchev–Trinajstić information content (AvgIpc) is 3.01. The van der Waals surface area contributed by atoms with Gasteiger partial charge in [-0.25, -0.2) is 4.98 Å². The van der Waals surface area contributed by atoms with Gasteiger partial charge in [-0.1, -0.05) is 30.3 Å². The Morgan fingerprint density at radius 1 is 1.00 bits per heavy atom. The van der Waals surface area contributed by atoms with E-state index >= 15 is 0 Å². The van der Waals surface area contributed by atoms with Crippen LogP contribution in [0.5, 0.6) is 0 Å².